The topological polar surface area (TPSA) is 78.1 Å². The molecule has 1 saturated heterocycles. The minimum absolute atomic E-state index is 0.0404. The van der Waals surface area contributed by atoms with Crippen LogP contribution in [0.1, 0.15) is 34.6 Å². The number of likely N-dealkylation sites (tertiary alicyclic amines) is 1. The molecular weight excluding hydrogens is 514 g/mol. The van der Waals surface area contributed by atoms with Gasteiger partial charge in [0.05, 0.1) is 30.3 Å². The van der Waals surface area contributed by atoms with Crippen molar-refractivity contribution in [2.45, 2.75) is 32.2 Å². The summed E-state index contributed by atoms with van der Waals surface area (Å²) in [6.07, 6.45) is 8.30. The molecule has 0 bridgehead atoms. The molecule has 0 unspecified atom stereocenters. The number of methoxy groups -OCH3 is 1. The standard InChI is InChI=1S/C30H28F2N6O2/c1-20-35-27(19-37(20)18-21-3-5-26(40-2)6-4-21)23-14-25(17-33-15-23)38-10-7-22-13-24(16-34-28(22)38)29(39)36-11-8-30(31,32)9-12-36/h3-7,10,13-17,19H,8-9,11-12,18H2,1-2H3. The fourth-order valence-electron chi connectivity index (χ4n) is 5.00. The second-order valence-corrected chi connectivity index (χ2v) is 10.1. The van der Waals surface area contributed by atoms with Gasteiger partial charge in [-0.15, -0.1) is 0 Å². The molecule has 5 heterocycles. The van der Waals surface area contributed by atoms with Crippen LogP contribution in [0.4, 0.5) is 8.78 Å². The van der Waals surface area contributed by atoms with Crippen LogP contribution in [0.5, 0.6) is 5.75 Å². The zero-order valence-electron chi connectivity index (χ0n) is 22.2. The number of fused-ring (bicyclic) bond motifs is 1. The lowest BCUT2D eigenvalue weighted by atomic mass is 10.1. The number of rotatable bonds is 6. The molecule has 1 aliphatic heterocycles. The van der Waals surface area contributed by atoms with Gasteiger partial charge in [0, 0.05) is 68.2 Å². The molecule has 1 aromatic carbocycles. The van der Waals surface area contributed by atoms with Gasteiger partial charge in [-0.3, -0.25) is 14.3 Å². The number of alkyl halides is 2. The van der Waals surface area contributed by atoms with Gasteiger partial charge in [-0.1, -0.05) is 12.1 Å². The molecule has 0 spiro atoms. The average molecular weight is 543 g/mol. The smallest absolute Gasteiger partial charge is 0.255 e. The first-order valence-electron chi connectivity index (χ1n) is 13.1. The normalized spacial score (nSPS) is 14.9. The monoisotopic (exact) mass is 542 g/mol. The Morgan fingerprint density at radius 3 is 2.58 bits per heavy atom. The summed E-state index contributed by atoms with van der Waals surface area (Å²) in [5.74, 6) is -1.27. The second-order valence-electron chi connectivity index (χ2n) is 10.1. The lowest BCUT2D eigenvalue weighted by Gasteiger charge is -2.31. The summed E-state index contributed by atoms with van der Waals surface area (Å²) in [7, 11) is 1.65. The SMILES string of the molecule is COc1ccc(Cn2cc(-c3cncc(-n4ccc5cc(C(=O)N6CCC(F)(F)CC6)cnc54)c3)nc2C)cc1. The van der Waals surface area contributed by atoms with Gasteiger partial charge in [0.2, 0.25) is 0 Å². The van der Waals surface area contributed by atoms with Crippen molar-refractivity contribution in [3.8, 4) is 22.7 Å². The fourth-order valence-corrected chi connectivity index (χ4v) is 5.00. The van der Waals surface area contributed by atoms with E-state index in [0.29, 0.717) is 17.8 Å². The Kier molecular flexibility index (Phi) is 6.53. The number of carbonyl (C=O) groups excluding carboxylic acids is 1. The van der Waals surface area contributed by atoms with Gasteiger partial charge < -0.3 is 14.2 Å². The highest BCUT2D eigenvalue weighted by Crippen LogP contribution is 2.29. The van der Waals surface area contributed by atoms with Crippen LogP contribution in [-0.2, 0) is 6.54 Å². The number of nitrogens with zero attached hydrogens (tertiary/aromatic N) is 6. The molecule has 1 aliphatic rings. The third-order valence-electron chi connectivity index (χ3n) is 7.34. The number of hydrogen-bond donors (Lipinski definition) is 0. The van der Waals surface area contributed by atoms with Crippen LogP contribution in [0.3, 0.4) is 0 Å². The van der Waals surface area contributed by atoms with E-state index in [1.165, 1.54) is 11.1 Å². The number of benzene rings is 1. The molecule has 0 aliphatic carbocycles. The van der Waals surface area contributed by atoms with Gasteiger partial charge in [0.1, 0.15) is 17.2 Å². The minimum atomic E-state index is -2.70. The molecule has 10 heteroatoms. The van der Waals surface area contributed by atoms with E-state index in [0.717, 1.165) is 39.5 Å². The molecule has 5 aromatic rings. The number of hydrogen-bond acceptors (Lipinski definition) is 5. The zero-order chi connectivity index (χ0) is 27.9. The van der Waals surface area contributed by atoms with Crippen LogP contribution in [-0.4, -0.2) is 61.0 Å². The summed E-state index contributed by atoms with van der Waals surface area (Å²) >= 11 is 0. The zero-order valence-corrected chi connectivity index (χ0v) is 22.2. The molecule has 8 nitrogen and oxygen atoms in total. The molecule has 40 heavy (non-hydrogen) atoms. The van der Waals surface area contributed by atoms with Gasteiger partial charge >= 0.3 is 0 Å². The number of imidazole rings is 1. The second kappa shape index (κ2) is 10.2. The highest BCUT2D eigenvalue weighted by Gasteiger charge is 2.35. The largest absolute Gasteiger partial charge is 0.497 e. The summed E-state index contributed by atoms with van der Waals surface area (Å²) in [4.78, 5) is 28.2. The maximum atomic E-state index is 13.5. The van der Waals surface area contributed by atoms with Gasteiger partial charge in [-0.25, -0.2) is 18.7 Å². The fraction of sp³-hybridized carbons (Fsp3) is 0.267. The van der Waals surface area contributed by atoms with Crippen LogP contribution in [0.2, 0.25) is 0 Å². The number of amides is 1. The highest BCUT2D eigenvalue weighted by atomic mass is 19.3. The first kappa shape index (κ1) is 25.7. The Hall–Kier alpha value is -4.60. The van der Waals surface area contributed by atoms with Gasteiger partial charge in [0.15, 0.2) is 0 Å². The molecule has 4 aromatic heterocycles. The Balaban J connectivity index is 1.23. The quantitative estimate of drug-likeness (QED) is 0.282. The van der Waals surface area contributed by atoms with Crippen LogP contribution < -0.4 is 4.74 Å². The van der Waals surface area contributed by atoms with Crippen molar-refractivity contribution in [2.24, 2.45) is 0 Å². The molecule has 0 N–H and O–H groups in total. The molecule has 0 saturated carbocycles. The van der Waals surface area contributed by atoms with Crippen LogP contribution in [0.25, 0.3) is 28.0 Å². The van der Waals surface area contributed by atoms with Crippen LogP contribution >= 0.6 is 0 Å². The average Bonchev–Trinajstić information content (AvgIpc) is 3.56. The summed E-state index contributed by atoms with van der Waals surface area (Å²) < 4.78 is 36.3. The van der Waals surface area contributed by atoms with E-state index in [-0.39, 0.29) is 31.8 Å². The third-order valence-corrected chi connectivity index (χ3v) is 7.34. The summed E-state index contributed by atoms with van der Waals surface area (Å²) in [5, 5.41) is 0.776. The maximum Gasteiger partial charge on any atom is 0.255 e. The molecule has 204 valence electrons. The number of halogens is 2. The number of aryl methyl sites for hydroxylation is 1. The number of aromatic nitrogens is 5. The maximum absolute atomic E-state index is 13.5. The van der Waals surface area contributed by atoms with Gasteiger partial charge in [-0.05, 0) is 42.8 Å². The summed E-state index contributed by atoms with van der Waals surface area (Å²) in [5.41, 5.74) is 4.68. The van der Waals surface area contributed by atoms with Crippen molar-refractivity contribution in [2.75, 3.05) is 20.2 Å². The van der Waals surface area contributed by atoms with Crippen molar-refractivity contribution in [1.82, 2.24) is 29.0 Å². The number of piperidine rings is 1. The summed E-state index contributed by atoms with van der Waals surface area (Å²) in [6.45, 7) is 2.74. The van der Waals surface area contributed by atoms with Crippen molar-refractivity contribution in [3.05, 3.63) is 90.4 Å². The highest BCUT2D eigenvalue weighted by molar-refractivity contribution is 5.97. The Bertz CT molecular complexity index is 1680. The van der Waals surface area contributed by atoms with Crippen molar-refractivity contribution >= 4 is 16.9 Å². The Morgan fingerprint density at radius 2 is 1.82 bits per heavy atom. The third kappa shape index (κ3) is 5.04. The number of carbonyl (C=O) groups is 1. The van der Waals surface area contributed by atoms with Crippen molar-refractivity contribution in [3.63, 3.8) is 0 Å². The molecular formula is C30H28F2N6O2. The predicted molar refractivity (Wildman–Crippen MR) is 147 cm³/mol. The van der Waals surface area contributed by atoms with E-state index in [4.69, 9.17) is 9.72 Å². The molecule has 6 rings (SSSR count). The van der Waals surface area contributed by atoms with Crippen LogP contribution in [0, 0.1) is 6.92 Å². The lowest BCUT2D eigenvalue weighted by Crippen LogP contribution is -2.42. The Labute approximate surface area is 229 Å². The first-order chi connectivity index (χ1) is 19.3. The minimum Gasteiger partial charge on any atom is -0.497 e. The number of pyridine rings is 2. The first-order valence-corrected chi connectivity index (χ1v) is 13.1. The van der Waals surface area contributed by atoms with Gasteiger partial charge in [-0.2, -0.15) is 0 Å². The lowest BCUT2D eigenvalue weighted by molar-refractivity contribution is -0.0494. The molecule has 0 atom stereocenters. The van der Waals surface area contributed by atoms with E-state index < -0.39 is 5.92 Å². The van der Waals surface area contributed by atoms with E-state index in [9.17, 15) is 13.6 Å². The van der Waals surface area contributed by atoms with E-state index in [1.54, 1.807) is 25.6 Å². The van der Waals surface area contributed by atoms with Gasteiger partial charge in [0.25, 0.3) is 11.8 Å². The molecule has 1 fully saturated rings. The molecule has 1 amide bonds. The van der Waals surface area contributed by atoms with E-state index in [2.05, 4.69) is 14.5 Å². The number of ether oxygens (including phenoxy) is 1. The van der Waals surface area contributed by atoms with Crippen LogP contribution in [0.15, 0.2) is 73.4 Å². The van der Waals surface area contributed by atoms with E-state index >= 15 is 0 Å². The predicted octanol–water partition coefficient (Wildman–Crippen LogP) is 5.52. The molecule has 0 radical (unpaired) electrons. The summed E-state index contributed by atoms with van der Waals surface area (Å²) in [6, 6.07) is 13.6. The van der Waals surface area contributed by atoms with Crippen molar-refractivity contribution < 1.29 is 18.3 Å². The Morgan fingerprint density at radius 1 is 1.05 bits per heavy atom. The van der Waals surface area contributed by atoms with E-state index in [1.807, 2.05) is 60.3 Å². The van der Waals surface area contributed by atoms with Crippen molar-refractivity contribution in [1.29, 1.82) is 0 Å².